The van der Waals surface area contributed by atoms with Crippen LogP contribution < -0.4 is 0 Å². The van der Waals surface area contributed by atoms with Crippen LogP contribution in [0.2, 0.25) is 0 Å². The van der Waals surface area contributed by atoms with Crippen molar-refractivity contribution < 1.29 is 9.53 Å². The van der Waals surface area contributed by atoms with Crippen LogP contribution >= 0.6 is 22.6 Å². The van der Waals surface area contributed by atoms with Gasteiger partial charge >= 0.3 is 6.09 Å². The summed E-state index contributed by atoms with van der Waals surface area (Å²) in [4.78, 5) is 13.3. The molecule has 0 aromatic carbocycles. The van der Waals surface area contributed by atoms with Gasteiger partial charge in [0.25, 0.3) is 0 Å². The molecule has 1 saturated heterocycles. The summed E-state index contributed by atoms with van der Waals surface area (Å²) in [6.45, 7) is 9.30. The van der Waals surface area contributed by atoms with Gasteiger partial charge in [-0.25, -0.2) is 4.79 Å². The van der Waals surface area contributed by atoms with Crippen LogP contribution in [0.25, 0.3) is 0 Å². The van der Waals surface area contributed by atoms with E-state index in [4.69, 9.17) is 4.74 Å². The number of carbonyl (C=O) groups is 1. The first kappa shape index (κ1) is 12.8. The van der Waals surface area contributed by atoms with Crippen LogP contribution in [0.3, 0.4) is 0 Å². The van der Waals surface area contributed by atoms with E-state index in [1.165, 1.54) is 0 Å². The molecule has 1 rings (SSSR count). The topological polar surface area (TPSA) is 29.5 Å². The zero-order valence-corrected chi connectivity index (χ0v) is 11.9. The third-order valence-electron chi connectivity index (χ3n) is 2.22. The molecule has 1 aliphatic rings. The van der Waals surface area contributed by atoms with Crippen LogP contribution in [0.15, 0.2) is 10.2 Å². The Labute approximate surface area is 105 Å². The molecule has 3 nitrogen and oxygen atoms in total. The SMILES string of the molecule is CC1(C=CI)CN(C(=O)OC(C)(C)C)C1. The minimum Gasteiger partial charge on any atom is -0.444 e. The third-order valence-corrected chi connectivity index (χ3v) is 2.58. The molecule has 0 bridgehead atoms. The maximum atomic E-state index is 11.6. The Kier molecular flexibility index (Phi) is 3.68. The van der Waals surface area contributed by atoms with Crippen molar-refractivity contribution in [3.63, 3.8) is 0 Å². The van der Waals surface area contributed by atoms with Gasteiger partial charge in [0.15, 0.2) is 0 Å². The molecule has 1 heterocycles. The van der Waals surface area contributed by atoms with Crippen LogP contribution in [-0.2, 0) is 4.74 Å². The lowest BCUT2D eigenvalue weighted by Gasteiger charge is -2.46. The zero-order valence-electron chi connectivity index (χ0n) is 9.71. The van der Waals surface area contributed by atoms with Gasteiger partial charge in [0.2, 0.25) is 0 Å². The first-order chi connectivity index (χ1) is 6.76. The second kappa shape index (κ2) is 4.31. The lowest BCUT2D eigenvalue weighted by Crippen LogP contribution is -2.57. The van der Waals surface area contributed by atoms with E-state index in [0.717, 1.165) is 13.1 Å². The standard InChI is InChI=1S/C11H18INO2/c1-10(2,3)15-9(14)13-7-11(4,8-13)5-6-12/h5-6H,7-8H2,1-4H3. The number of likely N-dealkylation sites (tertiary alicyclic amines) is 1. The Balaban J connectivity index is 2.42. The van der Waals surface area contributed by atoms with E-state index >= 15 is 0 Å². The first-order valence-corrected chi connectivity index (χ1v) is 6.26. The summed E-state index contributed by atoms with van der Waals surface area (Å²) in [5, 5.41) is 0. The molecule has 0 atom stereocenters. The number of carbonyl (C=O) groups excluding carboxylic acids is 1. The molecule has 15 heavy (non-hydrogen) atoms. The molecule has 4 heteroatoms. The molecule has 1 fully saturated rings. The van der Waals surface area contributed by atoms with E-state index in [0.29, 0.717) is 0 Å². The van der Waals surface area contributed by atoms with E-state index in [9.17, 15) is 4.79 Å². The number of rotatable bonds is 1. The molecule has 0 N–H and O–H groups in total. The summed E-state index contributed by atoms with van der Waals surface area (Å²) in [5.41, 5.74) is -0.264. The van der Waals surface area contributed by atoms with Gasteiger partial charge in [0.1, 0.15) is 5.60 Å². The summed E-state index contributed by atoms with van der Waals surface area (Å²) in [5.74, 6) is 0. The lowest BCUT2D eigenvalue weighted by atomic mass is 9.83. The summed E-state index contributed by atoms with van der Waals surface area (Å²) in [7, 11) is 0. The van der Waals surface area contributed by atoms with Crippen molar-refractivity contribution in [1.29, 1.82) is 0 Å². The molecule has 0 unspecified atom stereocenters. The van der Waals surface area contributed by atoms with Crippen LogP contribution in [0, 0.1) is 5.41 Å². The fraction of sp³-hybridized carbons (Fsp3) is 0.727. The van der Waals surface area contributed by atoms with Gasteiger partial charge in [-0.1, -0.05) is 35.6 Å². The monoisotopic (exact) mass is 323 g/mol. The number of amides is 1. The van der Waals surface area contributed by atoms with Gasteiger partial charge < -0.3 is 9.64 Å². The Morgan fingerprint density at radius 3 is 2.40 bits per heavy atom. The van der Waals surface area contributed by atoms with Crippen molar-refractivity contribution in [2.45, 2.75) is 33.3 Å². The fourth-order valence-corrected chi connectivity index (χ4v) is 2.41. The normalized spacial score (nSPS) is 20.2. The number of nitrogens with zero attached hydrogens (tertiary/aromatic N) is 1. The third kappa shape index (κ3) is 3.66. The molecule has 1 aliphatic heterocycles. The van der Waals surface area contributed by atoms with Gasteiger partial charge in [-0.2, -0.15) is 0 Å². The Hall–Kier alpha value is -0.260. The van der Waals surface area contributed by atoms with Crippen molar-refractivity contribution in [3.8, 4) is 0 Å². The van der Waals surface area contributed by atoms with Crippen molar-refractivity contribution in [2.24, 2.45) is 5.41 Å². The van der Waals surface area contributed by atoms with Gasteiger partial charge in [0.05, 0.1) is 0 Å². The highest BCUT2D eigenvalue weighted by molar-refractivity contribution is 14.1. The van der Waals surface area contributed by atoms with Crippen LogP contribution in [-0.4, -0.2) is 29.7 Å². The Morgan fingerprint density at radius 1 is 1.47 bits per heavy atom. The molecule has 1 amide bonds. The molecular formula is C11H18INO2. The van der Waals surface area contributed by atoms with E-state index in [1.54, 1.807) is 4.90 Å². The lowest BCUT2D eigenvalue weighted by molar-refractivity contribution is -0.0136. The quantitative estimate of drug-likeness (QED) is 0.694. The first-order valence-electron chi connectivity index (χ1n) is 5.02. The molecule has 0 saturated carbocycles. The van der Waals surface area contributed by atoms with Crippen molar-refractivity contribution in [1.82, 2.24) is 4.90 Å². The van der Waals surface area contributed by atoms with Gasteiger partial charge in [-0.05, 0) is 24.9 Å². The Morgan fingerprint density at radius 2 is 2.00 bits per heavy atom. The summed E-state index contributed by atoms with van der Waals surface area (Å²) in [6, 6.07) is 0. The molecule has 0 aliphatic carbocycles. The smallest absolute Gasteiger partial charge is 0.410 e. The van der Waals surface area contributed by atoms with Crippen molar-refractivity contribution >= 4 is 28.7 Å². The minimum atomic E-state index is -0.401. The molecular weight excluding hydrogens is 305 g/mol. The van der Waals surface area contributed by atoms with Gasteiger partial charge in [0, 0.05) is 18.5 Å². The van der Waals surface area contributed by atoms with Crippen LogP contribution in [0.5, 0.6) is 0 Å². The van der Waals surface area contributed by atoms with Crippen molar-refractivity contribution in [3.05, 3.63) is 10.2 Å². The summed E-state index contributed by atoms with van der Waals surface area (Å²) < 4.78 is 7.28. The predicted molar refractivity (Wildman–Crippen MR) is 69.1 cm³/mol. The van der Waals surface area contributed by atoms with Crippen LogP contribution in [0.4, 0.5) is 4.79 Å². The molecule has 86 valence electrons. The number of ether oxygens (including phenoxy) is 1. The number of hydrogen-bond acceptors (Lipinski definition) is 2. The molecule has 0 radical (unpaired) electrons. The predicted octanol–water partition coefficient (Wildman–Crippen LogP) is 3.19. The highest BCUT2D eigenvalue weighted by Crippen LogP contribution is 2.32. The molecule has 0 aromatic rings. The number of hydrogen-bond donors (Lipinski definition) is 0. The largest absolute Gasteiger partial charge is 0.444 e. The average molecular weight is 323 g/mol. The fourth-order valence-electron chi connectivity index (χ4n) is 1.54. The van der Waals surface area contributed by atoms with E-state index < -0.39 is 5.60 Å². The van der Waals surface area contributed by atoms with Crippen LogP contribution in [0.1, 0.15) is 27.7 Å². The molecule has 0 aromatic heterocycles. The zero-order chi connectivity index (χ0) is 11.7. The van der Waals surface area contributed by atoms with Crippen molar-refractivity contribution in [2.75, 3.05) is 13.1 Å². The highest BCUT2D eigenvalue weighted by atomic mass is 127. The Bertz CT molecular complexity index is 275. The van der Waals surface area contributed by atoms with Gasteiger partial charge in [-0.15, -0.1) is 0 Å². The van der Waals surface area contributed by atoms with E-state index in [-0.39, 0.29) is 11.5 Å². The maximum Gasteiger partial charge on any atom is 0.410 e. The maximum absolute atomic E-state index is 11.6. The molecule has 0 spiro atoms. The average Bonchev–Trinajstić information content (AvgIpc) is 1.96. The van der Waals surface area contributed by atoms with E-state index in [2.05, 4.69) is 35.6 Å². The van der Waals surface area contributed by atoms with E-state index in [1.807, 2.05) is 24.9 Å². The summed E-state index contributed by atoms with van der Waals surface area (Å²) in [6.07, 6.45) is 1.93. The number of halogens is 1. The summed E-state index contributed by atoms with van der Waals surface area (Å²) >= 11 is 2.20. The van der Waals surface area contributed by atoms with Gasteiger partial charge in [-0.3, -0.25) is 0 Å². The second-order valence-electron chi connectivity index (χ2n) is 5.28. The second-order valence-corrected chi connectivity index (χ2v) is 6.00. The highest BCUT2D eigenvalue weighted by Gasteiger charge is 2.40. The minimum absolute atomic E-state index is 0.137.